The molecule has 3 aromatic rings. The van der Waals surface area contributed by atoms with Crippen LogP contribution in [0.2, 0.25) is 0 Å². The van der Waals surface area contributed by atoms with Crippen molar-refractivity contribution in [2.75, 3.05) is 5.73 Å². The van der Waals surface area contributed by atoms with Gasteiger partial charge in [-0.05, 0) is 46.5 Å². The monoisotopic (exact) mass is 258 g/mol. The van der Waals surface area contributed by atoms with E-state index in [4.69, 9.17) is 5.73 Å². The quantitative estimate of drug-likeness (QED) is 0.701. The summed E-state index contributed by atoms with van der Waals surface area (Å²) in [6.45, 7) is 0. The molecule has 2 heterocycles. The van der Waals surface area contributed by atoms with Crippen LogP contribution in [0.5, 0.6) is 0 Å². The normalized spacial score (nSPS) is 10.9. The number of aryl methyl sites for hydroxylation is 1. The third-order valence-corrected chi connectivity index (χ3v) is 3.61. The van der Waals surface area contributed by atoms with Crippen molar-refractivity contribution in [1.29, 1.82) is 0 Å². The summed E-state index contributed by atoms with van der Waals surface area (Å²) in [5.74, 6) is 0. The third-order valence-electron chi connectivity index (χ3n) is 2.51. The van der Waals surface area contributed by atoms with Crippen LogP contribution < -0.4 is 5.73 Å². The summed E-state index contributed by atoms with van der Waals surface area (Å²) in [6.07, 6.45) is 1.76. The molecule has 0 aliphatic heterocycles. The molecule has 0 amide bonds. The SMILES string of the molecule is Cn1nnnc1Sc1ccnc2cc(N)ccc12. The predicted octanol–water partition coefficient (Wildman–Crippen LogP) is 1.49. The van der Waals surface area contributed by atoms with Crippen molar-refractivity contribution in [1.82, 2.24) is 25.2 Å². The maximum absolute atomic E-state index is 5.75. The highest BCUT2D eigenvalue weighted by Crippen LogP contribution is 2.31. The molecule has 0 saturated heterocycles. The first-order chi connectivity index (χ1) is 8.74. The Hall–Kier alpha value is -2.15. The van der Waals surface area contributed by atoms with Crippen molar-refractivity contribution >= 4 is 28.4 Å². The van der Waals surface area contributed by atoms with Gasteiger partial charge < -0.3 is 5.73 Å². The van der Waals surface area contributed by atoms with E-state index in [9.17, 15) is 0 Å². The molecule has 90 valence electrons. The molecule has 0 saturated carbocycles. The number of hydrogen-bond donors (Lipinski definition) is 1. The van der Waals surface area contributed by atoms with E-state index >= 15 is 0 Å². The van der Waals surface area contributed by atoms with Gasteiger partial charge in [0.2, 0.25) is 5.16 Å². The number of pyridine rings is 1. The second kappa shape index (κ2) is 4.26. The molecule has 0 radical (unpaired) electrons. The maximum Gasteiger partial charge on any atom is 0.213 e. The second-order valence-corrected chi connectivity index (χ2v) is 4.78. The van der Waals surface area contributed by atoms with Crippen LogP contribution in [0.25, 0.3) is 10.9 Å². The Balaban J connectivity index is 2.09. The molecule has 0 fully saturated rings. The lowest BCUT2D eigenvalue weighted by molar-refractivity contribution is 0.664. The minimum absolute atomic E-state index is 0.706. The van der Waals surface area contributed by atoms with E-state index in [-0.39, 0.29) is 0 Å². The zero-order valence-corrected chi connectivity index (χ0v) is 10.4. The Morgan fingerprint density at radius 3 is 2.94 bits per heavy atom. The molecule has 1 aromatic carbocycles. The van der Waals surface area contributed by atoms with E-state index in [1.54, 1.807) is 10.9 Å². The molecule has 0 aliphatic rings. The van der Waals surface area contributed by atoms with Crippen molar-refractivity contribution in [3.8, 4) is 0 Å². The molecule has 0 bridgehead atoms. The number of rotatable bonds is 2. The highest BCUT2D eigenvalue weighted by Gasteiger charge is 2.08. The van der Waals surface area contributed by atoms with Crippen molar-refractivity contribution in [3.05, 3.63) is 30.5 Å². The molecule has 6 nitrogen and oxygen atoms in total. The minimum atomic E-state index is 0.706. The van der Waals surface area contributed by atoms with Crippen LogP contribution in [0.1, 0.15) is 0 Å². The Morgan fingerprint density at radius 2 is 2.17 bits per heavy atom. The number of aromatic nitrogens is 5. The van der Waals surface area contributed by atoms with E-state index < -0.39 is 0 Å². The van der Waals surface area contributed by atoms with Crippen molar-refractivity contribution in [3.63, 3.8) is 0 Å². The van der Waals surface area contributed by atoms with Gasteiger partial charge in [0.25, 0.3) is 0 Å². The summed E-state index contributed by atoms with van der Waals surface area (Å²) >= 11 is 1.50. The van der Waals surface area contributed by atoms with Gasteiger partial charge >= 0.3 is 0 Å². The fraction of sp³-hybridized carbons (Fsp3) is 0.0909. The van der Waals surface area contributed by atoms with E-state index in [0.717, 1.165) is 21.0 Å². The number of anilines is 1. The molecule has 0 unspecified atom stereocenters. The smallest absolute Gasteiger partial charge is 0.213 e. The van der Waals surface area contributed by atoms with Crippen LogP contribution in [-0.2, 0) is 7.05 Å². The molecule has 0 aliphatic carbocycles. The average Bonchev–Trinajstić information content (AvgIpc) is 2.75. The zero-order valence-electron chi connectivity index (χ0n) is 9.61. The minimum Gasteiger partial charge on any atom is -0.399 e. The molecule has 2 N–H and O–H groups in total. The van der Waals surface area contributed by atoms with Crippen LogP contribution >= 0.6 is 11.8 Å². The predicted molar refractivity (Wildman–Crippen MR) is 69.1 cm³/mol. The summed E-state index contributed by atoms with van der Waals surface area (Å²) in [5, 5.41) is 13.2. The first-order valence-corrected chi connectivity index (χ1v) is 6.10. The number of hydrogen-bond acceptors (Lipinski definition) is 6. The number of nitrogen functional groups attached to an aromatic ring is 1. The Morgan fingerprint density at radius 1 is 1.28 bits per heavy atom. The van der Waals surface area contributed by atoms with Crippen LogP contribution in [0.4, 0.5) is 5.69 Å². The molecule has 7 heteroatoms. The summed E-state index contributed by atoms with van der Waals surface area (Å²) in [7, 11) is 1.81. The highest BCUT2D eigenvalue weighted by molar-refractivity contribution is 7.99. The summed E-state index contributed by atoms with van der Waals surface area (Å²) in [6, 6.07) is 7.62. The molecule has 0 atom stereocenters. The number of nitrogens with two attached hydrogens (primary N) is 1. The van der Waals surface area contributed by atoms with Gasteiger partial charge in [0.05, 0.1) is 5.52 Å². The lowest BCUT2D eigenvalue weighted by Crippen LogP contribution is -1.93. The molecule has 18 heavy (non-hydrogen) atoms. The van der Waals surface area contributed by atoms with E-state index in [2.05, 4.69) is 20.5 Å². The first kappa shape index (κ1) is 11.0. The van der Waals surface area contributed by atoms with Crippen molar-refractivity contribution in [2.24, 2.45) is 7.05 Å². The van der Waals surface area contributed by atoms with Gasteiger partial charge in [-0.25, -0.2) is 4.68 Å². The number of fused-ring (bicyclic) bond motifs is 1. The molecule has 2 aromatic heterocycles. The first-order valence-electron chi connectivity index (χ1n) is 5.28. The fourth-order valence-electron chi connectivity index (χ4n) is 1.63. The topological polar surface area (TPSA) is 82.5 Å². The largest absolute Gasteiger partial charge is 0.399 e. The second-order valence-electron chi connectivity index (χ2n) is 3.77. The van der Waals surface area contributed by atoms with Gasteiger partial charge in [-0.3, -0.25) is 4.98 Å². The number of benzene rings is 1. The maximum atomic E-state index is 5.75. The lowest BCUT2D eigenvalue weighted by Gasteiger charge is -2.04. The van der Waals surface area contributed by atoms with Crippen molar-refractivity contribution < 1.29 is 0 Å². The molecule has 3 rings (SSSR count). The highest BCUT2D eigenvalue weighted by atomic mass is 32.2. The zero-order chi connectivity index (χ0) is 12.5. The number of nitrogens with zero attached hydrogens (tertiary/aromatic N) is 5. The summed E-state index contributed by atoms with van der Waals surface area (Å²) in [5.41, 5.74) is 7.33. The van der Waals surface area contributed by atoms with Gasteiger partial charge in [-0.1, -0.05) is 0 Å². The van der Waals surface area contributed by atoms with E-state index in [1.807, 2.05) is 31.3 Å². The Bertz CT molecular complexity index is 708. The summed E-state index contributed by atoms with van der Waals surface area (Å²) in [4.78, 5) is 5.36. The van der Waals surface area contributed by atoms with Crippen LogP contribution in [0.3, 0.4) is 0 Å². The summed E-state index contributed by atoms with van der Waals surface area (Å²) < 4.78 is 1.63. The fourth-order valence-corrected chi connectivity index (χ4v) is 2.49. The van der Waals surface area contributed by atoms with Gasteiger partial charge in [0.1, 0.15) is 0 Å². The Kier molecular flexibility index (Phi) is 2.60. The van der Waals surface area contributed by atoms with E-state index in [1.165, 1.54) is 11.8 Å². The van der Waals surface area contributed by atoms with Gasteiger partial charge in [0.15, 0.2) is 0 Å². The molecular formula is C11H10N6S. The number of tetrazole rings is 1. The van der Waals surface area contributed by atoms with E-state index in [0.29, 0.717) is 5.69 Å². The molecule has 0 spiro atoms. The third kappa shape index (κ3) is 1.88. The van der Waals surface area contributed by atoms with Gasteiger partial charge in [-0.2, -0.15) is 0 Å². The van der Waals surface area contributed by atoms with Crippen molar-refractivity contribution in [2.45, 2.75) is 10.1 Å². The van der Waals surface area contributed by atoms with Gasteiger partial charge in [-0.15, -0.1) is 5.10 Å². The van der Waals surface area contributed by atoms with Gasteiger partial charge in [0, 0.05) is 29.2 Å². The Labute approximate surface area is 107 Å². The van der Waals surface area contributed by atoms with Crippen LogP contribution in [-0.4, -0.2) is 25.2 Å². The average molecular weight is 258 g/mol. The van der Waals surface area contributed by atoms with Crippen LogP contribution in [0, 0.1) is 0 Å². The standard InChI is InChI=1S/C11H10N6S/c1-17-11(14-15-16-17)18-10-4-5-13-9-6-7(12)2-3-8(9)10/h2-6H,12H2,1H3. The lowest BCUT2D eigenvalue weighted by atomic mass is 10.2. The van der Waals surface area contributed by atoms with Crippen LogP contribution in [0.15, 0.2) is 40.5 Å². The molecular weight excluding hydrogens is 248 g/mol.